The van der Waals surface area contributed by atoms with Gasteiger partial charge in [0.25, 0.3) is 5.56 Å². The van der Waals surface area contributed by atoms with Crippen LogP contribution in [0.1, 0.15) is 39.7 Å². The van der Waals surface area contributed by atoms with Gasteiger partial charge in [0, 0.05) is 12.6 Å². The molecule has 0 aliphatic carbocycles. The van der Waals surface area contributed by atoms with Gasteiger partial charge in [0.2, 0.25) is 0 Å². The van der Waals surface area contributed by atoms with Gasteiger partial charge in [-0.1, -0.05) is 11.6 Å². The van der Waals surface area contributed by atoms with E-state index in [9.17, 15) is 4.79 Å². The van der Waals surface area contributed by atoms with Crippen molar-refractivity contribution in [1.29, 1.82) is 0 Å². The molecular weight excluding hydrogens is 276 g/mol. The predicted octanol–water partition coefficient (Wildman–Crippen LogP) is 2.04. The summed E-state index contributed by atoms with van der Waals surface area (Å²) < 4.78 is 1.42. The number of nitrogens with two attached hydrogens (primary N) is 1. The van der Waals surface area contributed by atoms with Crippen LogP contribution in [0.15, 0.2) is 11.0 Å². The second-order valence-corrected chi connectivity index (χ2v) is 6.25. The fraction of sp³-hybridized carbons (Fsp3) is 0.714. The summed E-state index contributed by atoms with van der Waals surface area (Å²) in [5.74, 6) is 0.454. The summed E-state index contributed by atoms with van der Waals surface area (Å²) >= 11 is 6.29. The lowest BCUT2D eigenvalue weighted by molar-refractivity contribution is 0.372. The molecule has 1 aliphatic rings. The van der Waals surface area contributed by atoms with Crippen molar-refractivity contribution >= 4 is 17.3 Å². The highest BCUT2D eigenvalue weighted by molar-refractivity contribution is 6.33. The van der Waals surface area contributed by atoms with Crippen molar-refractivity contribution in [3.8, 4) is 0 Å². The standard InChI is InChI=1S/C14H23ClN4O/c1-9(2)19-14(20)13(15)12(7-17-19)18-8-11(6-16)5-4-10(18)3/h7,9-11H,4-6,8,16H2,1-3H3. The fourth-order valence-electron chi connectivity index (χ4n) is 2.71. The van der Waals surface area contributed by atoms with E-state index in [-0.39, 0.29) is 16.6 Å². The Kier molecular flexibility index (Phi) is 4.70. The van der Waals surface area contributed by atoms with Gasteiger partial charge in [0.05, 0.1) is 17.9 Å². The lowest BCUT2D eigenvalue weighted by atomic mass is 9.93. The van der Waals surface area contributed by atoms with E-state index in [0.29, 0.717) is 18.5 Å². The summed E-state index contributed by atoms with van der Waals surface area (Å²) in [6.07, 6.45) is 3.90. The van der Waals surface area contributed by atoms with E-state index in [0.717, 1.165) is 25.1 Å². The first-order valence-electron chi connectivity index (χ1n) is 7.19. The zero-order valence-electron chi connectivity index (χ0n) is 12.3. The van der Waals surface area contributed by atoms with Gasteiger partial charge in [-0.15, -0.1) is 0 Å². The highest BCUT2D eigenvalue weighted by Gasteiger charge is 2.27. The van der Waals surface area contributed by atoms with Crippen LogP contribution in [0.3, 0.4) is 0 Å². The number of rotatable bonds is 3. The number of hydrogen-bond donors (Lipinski definition) is 1. The Bertz CT molecular complexity index is 528. The summed E-state index contributed by atoms with van der Waals surface area (Å²) in [4.78, 5) is 14.4. The van der Waals surface area contributed by atoms with Gasteiger partial charge in [0.1, 0.15) is 5.02 Å². The van der Waals surface area contributed by atoms with Crippen molar-refractivity contribution in [2.24, 2.45) is 11.7 Å². The molecule has 2 atom stereocenters. The average Bonchev–Trinajstić information content (AvgIpc) is 2.42. The van der Waals surface area contributed by atoms with Gasteiger partial charge in [-0.25, -0.2) is 4.68 Å². The Morgan fingerprint density at radius 3 is 2.80 bits per heavy atom. The molecule has 0 spiro atoms. The van der Waals surface area contributed by atoms with Crippen LogP contribution in [0, 0.1) is 5.92 Å². The van der Waals surface area contributed by atoms with Crippen LogP contribution < -0.4 is 16.2 Å². The van der Waals surface area contributed by atoms with Crippen molar-refractivity contribution < 1.29 is 0 Å². The Morgan fingerprint density at radius 1 is 1.50 bits per heavy atom. The SMILES string of the molecule is CC1CCC(CN)CN1c1cnn(C(C)C)c(=O)c1Cl. The van der Waals surface area contributed by atoms with Gasteiger partial charge in [0.15, 0.2) is 0 Å². The minimum Gasteiger partial charge on any atom is -0.366 e. The second-order valence-electron chi connectivity index (χ2n) is 5.87. The van der Waals surface area contributed by atoms with Crippen LogP contribution in [-0.2, 0) is 0 Å². The first-order valence-corrected chi connectivity index (χ1v) is 7.57. The molecule has 2 heterocycles. The molecule has 1 saturated heterocycles. The maximum absolute atomic E-state index is 12.2. The maximum atomic E-state index is 12.2. The molecule has 0 bridgehead atoms. The molecule has 1 aromatic heterocycles. The summed E-state index contributed by atoms with van der Waals surface area (Å²) in [6, 6.07) is 0.357. The van der Waals surface area contributed by atoms with Crippen LogP contribution in [0.4, 0.5) is 5.69 Å². The molecule has 1 aromatic rings. The summed E-state index contributed by atoms with van der Waals surface area (Å²) in [7, 11) is 0. The number of halogens is 1. The fourth-order valence-corrected chi connectivity index (χ4v) is 2.96. The molecule has 20 heavy (non-hydrogen) atoms. The molecule has 1 aliphatic heterocycles. The summed E-state index contributed by atoms with van der Waals surface area (Å²) in [5, 5.41) is 4.51. The Hall–Kier alpha value is -1.07. The van der Waals surface area contributed by atoms with Crippen LogP contribution in [0.2, 0.25) is 5.02 Å². The highest BCUT2D eigenvalue weighted by Crippen LogP contribution is 2.30. The summed E-state index contributed by atoms with van der Waals surface area (Å²) in [6.45, 7) is 7.48. The van der Waals surface area contributed by atoms with Crippen LogP contribution in [0.5, 0.6) is 0 Å². The predicted molar refractivity (Wildman–Crippen MR) is 82.5 cm³/mol. The van der Waals surface area contributed by atoms with Crippen LogP contribution in [0.25, 0.3) is 0 Å². The monoisotopic (exact) mass is 298 g/mol. The van der Waals surface area contributed by atoms with Crippen molar-refractivity contribution in [3.05, 3.63) is 21.6 Å². The third-order valence-electron chi connectivity index (χ3n) is 4.04. The van der Waals surface area contributed by atoms with Crippen LogP contribution >= 0.6 is 11.6 Å². The van der Waals surface area contributed by atoms with E-state index in [1.54, 1.807) is 6.20 Å². The molecule has 0 radical (unpaired) electrons. The van der Waals surface area contributed by atoms with E-state index in [4.69, 9.17) is 17.3 Å². The van der Waals surface area contributed by atoms with E-state index in [2.05, 4.69) is 16.9 Å². The molecule has 2 rings (SSSR count). The smallest absolute Gasteiger partial charge is 0.287 e. The molecule has 5 nitrogen and oxygen atoms in total. The number of piperidine rings is 1. The highest BCUT2D eigenvalue weighted by atomic mass is 35.5. The van der Waals surface area contributed by atoms with Crippen molar-refractivity contribution in [2.45, 2.75) is 45.7 Å². The molecule has 2 N–H and O–H groups in total. The van der Waals surface area contributed by atoms with E-state index in [1.165, 1.54) is 4.68 Å². The largest absolute Gasteiger partial charge is 0.366 e. The first kappa shape index (κ1) is 15.3. The van der Waals surface area contributed by atoms with Gasteiger partial charge in [-0.3, -0.25) is 4.79 Å². The molecule has 0 saturated carbocycles. The quantitative estimate of drug-likeness (QED) is 0.927. The molecule has 112 valence electrons. The average molecular weight is 299 g/mol. The second kappa shape index (κ2) is 6.14. The molecular formula is C14H23ClN4O. The number of nitrogens with zero attached hydrogens (tertiary/aromatic N) is 3. The molecule has 2 unspecified atom stereocenters. The van der Waals surface area contributed by atoms with Gasteiger partial charge in [-0.05, 0) is 46.1 Å². The Balaban J connectivity index is 2.37. The molecule has 0 aromatic carbocycles. The third kappa shape index (κ3) is 2.83. The topological polar surface area (TPSA) is 64.2 Å². The van der Waals surface area contributed by atoms with Crippen molar-refractivity contribution in [2.75, 3.05) is 18.0 Å². The lowest BCUT2D eigenvalue weighted by Crippen LogP contribution is -2.45. The molecule has 0 amide bonds. The van der Waals surface area contributed by atoms with Crippen molar-refractivity contribution in [3.63, 3.8) is 0 Å². The Labute approximate surface area is 124 Å². The number of hydrogen-bond acceptors (Lipinski definition) is 4. The Morgan fingerprint density at radius 2 is 2.20 bits per heavy atom. The van der Waals surface area contributed by atoms with E-state index >= 15 is 0 Å². The summed E-state index contributed by atoms with van der Waals surface area (Å²) in [5.41, 5.74) is 6.29. The van der Waals surface area contributed by atoms with Crippen LogP contribution in [-0.4, -0.2) is 28.9 Å². The van der Waals surface area contributed by atoms with E-state index in [1.807, 2.05) is 13.8 Å². The van der Waals surface area contributed by atoms with Crippen molar-refractivity contribution in [1.82, 2.24) is 9.78 Å². The molecule has 1 fully saturated rings. The zero-order valence-corrected chi connectivity index (χ0v) is 13.1. The number of aromatic nitrogens is 2. The maximum Gasteiger partial charge on any atom is 0.287 e. The minimum absolute atomic E-state index is 0.00428. The minimum atomic E-state index is -0.221. The zero-order chi connectivity index (χ0) is 14.9. The van der Waals surface area contributed by atoms with Gasteiger partial charge < -0.3 is 10.6 Å². The lowest BCUT2D eigenvalue weighted by Gasteiger charge is -2.39. The first-order chi connectivity index (χ1) is 9.45. The van der Waals surface area contributed by atoms with E-state index < -0.39 is 0 Å². The molecule has 6 heteroatoms. The third-order valence-corrected chi connectivity index (χ3v) is 4.39. The normalized spacial score (nSPS) is 23.4. The van der Waals surface area contributed by atoms with Gasteiger partial charge in [-0.2, -0.15) is 5.10 Å². The van der Waals surface area contributed by atoms with Gasteiger partial charge >= 0.3 is 0 Å². The number of anilines is 1.